The van der Waals surface area contributed by atoms with Crippen LogP contribution in [0.1, 0.15) is 16.4 Å². The average Bonchev–Trinajstić information content (AvgIpc) is 2.98. The molecule has 5 nitrogen and oxygen atoms in total. The van der Waals surface area contributed by atoms with Crippen LogP contribution < -0.4 is 9.64 Å². The maximum atomic E-state index is 13.5. The molecule has 35 heavy (non-hydrogen) atoms. The summed E-state index contributed by atoms with van der Waals surface area (Å²) >= 11 is 13.7. The predicted molar refractivity (Wildman–Crippen MR) is 144 cm³/mol. The number of carbonyl (C=O) groups excluding carboxylic acids is 1. The number of aliphatic hydroxyl groups excluding tert-OH is 1. The van der Waals surface area contributed by atoms with Gasteiger partial charge in [-0.25, -0.2) is 0 Å². The van der Waals surface area contributed by atoms with E-state index in [0.29, 0.717) is 23.1 Å². The molecule has 1 heterocycles. The van der Waals surface area contributed by atoms with E-state index in [1.807, 2.05) is 73.8 Å². The largest absolute Gasteiger partial charge is 0.497 e. The number of likely N-dealkylation sites (N-methyl/N-ethyl adjacent to an activating group) is 1. The maximum Gasteiger partial charge on any atom is 0.257 e. The highest BCUT2D eigenvalue weighted by Gasteiger charge is 2.37. The zero-order valence-corrected chi connectivity index (χ0v) is 22.0. The van der Waals surface area contributed by atoms with E-state index in [9.17, 15) is 9.90 Å². The number of methoxy groups -OCH3 is 1. The van der Waals surface area contributed by atoms with Crippen LogP contribution >= 0.6 is 35.0 Å². The van der Waals surface area contributed by atoms with Crippen LogP contribution in [0.5, 0.6) is 5.75 Å². The van der Waals surface area contributed by atoms with Gasteiger partial charge in [0.1, 0.15) is 11.9 Å². The van der Waals surface area contributed by atoms with Gasteiger partial charge in [-0.15, -0.1) is 11.8 Å². The highest BCUT2D eigenvalue weighted by molar-refractivity contribution is 7.99. The van der Waals surface area contributed by atoms with Crippen molar-refractivity contribution in [1.82, 2.24) is 4.90 Å². The van der Waals surface area contributed by atoms with Crippen LogP contribution in [0.2, 0.25) is 10.0 Å². The van der Waals surface area contributed by atoms with Gasteiger partial charge < -0.3 is 19.6 Å². The van der Waals surface area contributed by atoms with Gasteiger partial charge in [-0.1, -0.05) is 53.5 Å². The molecule has 3 aromatic rings. The van der Waals surface area contributed by atoms with Crippen LogP contribution in [0.25, 0.3) is 0 Å². The molecule has 2 unspecified atom stereocenters. The van der Waals surface area contributed by atoms with Crippen molar-refractivity contribution in [3.05, 3.63) is 87.9 Å². The second-order valence-electron chi connectivity index (χ2n) is 8.52. The number of thioether (sulfide) groups is 1. The van der Waals surface area contributed by atoms with Crippen LogP contribution in [0.15, 0.2) is 71.6 Å². The van der Waals surface area contributed by atoms with Gasteiger partial charge in [-0.3, -0.25) is 4.79 Å². The van der Waals surface area contributed by atoms with Gasteiger partial charge in [0.2, 0.25) is 0 Å². The van der Waals surface area contributed by atoms with Crippen molar-refractivity contribution in [3.8, 4) is 5.75 Å². The van der Waals surface area contributed by atoms with E-state index in [1.165, 1.54) is 11.8 Å². The molecule has 0 spiro atoms. The zero-order valence-electron chi connectivity index (χ0n) is 19.7. The number of para-hydroxylation sites is 1. The maximum absolute atomic E-state index is 13.5. The summed E-state index contributed by atoms with van der Waals surface area (Å²) in [6.07, 6.45) is -0.349. The number of anilines is 1. The molecule has 1 amide bonds. The van der Waals surface area contributed by atoms with Crippen molar-refractivity contribution >= 4 is 46.6 Å². The summed E-state index contributed by atoms with van der Waals surface area (Å²) < 4.78 is 5.25. The molecule has 0 fully saturated rings. The molecule has 2 atom stereocenters. The van der Waals surface area contributed by atoms with Crippen LogP contribution in [0, 0.1) is 0 Å². The van der Waals surface area contributed by atoms with Crippen molar-refractivity contribution < 1.29 is 14.6 Å². The smallest absolute Gasteiger partial charge is 0.257 e. The van der Waals surface area contributed by atoms with E-state index in [2.05, 4.69) is 4.90 Å². The Kier molecular flexibility index (Phi) is 8.63. The first kappa shape index (κ1) is 25.9. The van der Waals surface area contributed by atoms with Gasteiger partial charge in [0.15, 0.2) is 0 Å². The fourth-order valence-electron chi connectivity index (χ4n) is 4.06. The van der Waals surface area contributed by atoms with Gasteiger partial charge >= 0.3 is 0 Å². The number of ether oxygens (including phenoxy) is 1. The Labute approximate surface area is 220 Å². The monoisotopic (exact) mass is 530 g/mol. The molecule has 3 aromatic carbocycles. The Morgan fingerprint density at radius 2 is 1.77 bits per heavy atom. The Hall–Kier alpha value is -2.22. The second kappa shape index (κ2) is 11.7. The molecule has 1 aliphatic rings. The summed E-state index contributed by atoms with van der Waals surface area (Å²) in [5, 5.41) is 11.8. The van der Waals surface area contributed by atoms with E-state index < -0.39 is 11.4 Å². The lowest BCUT2D eigenvalue weighted by Gasteiger charge is -2.27. The minimum absolute atomic E-state index is 0.291. The van der Waals surface area contributed by atoms with Gasteiger partial charge in [0.05, 0.1) is 28.1 Å². The lowest BCUT2D eigenvalue weighted by atomic mass is 10.1. The minimum Gasteiger partial charge on any atom is -0.497 e. The molecule has 0 aromatic heterocycles. The second-order valence-corrected chi connectivity index (χ2v) is 10.5. The highest BCUT2D eigenvalue weighted by atomic mass is 35.5. The van der Waals surface area contributed by atoms with E-state index in [1.54, 1.807) is 12.0 Å². The van der Waals surface area contributed by atoms with Gasteiger partial charge in [0, 0.05) is 24.5 Å². The summed E-state index contributed by atoms with van der Waals surface area (Å²) in [5.41, 5.74) is 2.82. The van der Waals surface area contributed by atoms with E-state index in [-0.39, 0.29) is 5.91 Å². The number of rotatable bonds is 8. The molecule has 0 bridgehead atoms. The molecular formula is C27H28Cl2N2O3S. The average molecular weight is 532 g/mol. The zero-order chi connectivity index (χ0) is 24.9. The first-order valence-corrected chi connectivity index (χ1v) is 13.0. The van der Waals surface area contributed by atoms with Gasteiger partial charge in [-0.05, 0) is 61.0 Å². The van der Waals surface area contributed by atoms with E-state index in [0.717, 1.165) is 40.4 Å². The lowest BCUT2D eigenvalue weighted by Crippen LogP contribution is -2.44. The first-order chi connectivity index (χ1) is 16.9. The van der Waals surface area contributed by atoms with Crippen molar-refractivity contribution in [2.24, 2.45) is 0 Å². The number of fused-ring (bicyclic) bond motifs is 1. The third-order valence-corrected chi connectivity index (χ3v) is 8.25. The summed E-state index contributed by atoms with van der Waals surface area (Å²) in [7, 11) is 3.64. The van der Waals surface area contributed by atoms with Crippen molar-refractivity contribution in [2.75, 3.05) is 38.7 Å². The number of benzene rings is 3. The Morgan fingerprint density at radius 3 is 2.49 bits per heavy atom. The normalized spacial score (nSPS) is 17.9. The number of halogens is 2. The molecule has 184 valence electrons. The van der Waals surface area contributed by atoms with Gasteiger partial charge in [-0.2, -0.15) is 0 Å². The molecule has 4 rings (SSSR count). The fourth-order valence-corrected chi connectivity index (χ4v) is 5.65. The Bertz CT molecular complexity index is 1180. The lowest BCUT2D eigenvalue weighted by molar-refractivity contribution is -0.126. The number of aliphatic hydroxyl groups is 1. The minimum atomic E-state index is -1.16. The van der Waals surface area contributed by atoms with Gasteiger partial charge in [0.25, 0.3) is 5.91 Å². The molecule has 1 N–H and O–H groups in total. The van der Waals surface area contributed by atoms with Crippen molar-refractivity contribution in [2.45, 2.75) is 22.7 Å². The number of hydrogen-bond donors (Lipinski definition) is 1. The summed E-state index contributed by atoms with van der Waals surface area (Å²) in [6, 6.07) is 21.0. The molecule has 0 radical (unpaired) electrons. The third-order valence-electron chi connectivity index (χ3n) is 6.13. The summed E-state index contributed by atoms with van der Waals surface area (Å²) in [6.45, 7) is 1.93. The third kappa shape index (κ3) is 6.13. The number of nitrogens with zero attached hydrogens (tertiary/aromatic N) is 2. The molecule has 8 heteroatoms. The molecular weight excluding hydrogens is 503 g/mol. The standard InChI is InChI=1S/C27H28Cl2N2O3S/c1-30(14-13-18-7-12-21(28)22(29)17-18)15-16-31-23-5-3-4-6-24(23)35-26(25(32)27(31)33)19-8-10-20(34-2)11-9-19/h3-12,17,25-26,32H,13-16H2,1-2H3. The molecule has 0 aliphatic carbocycles. The summed E-state index contributed by atoms with van der Waals surface area (Å²) in [5.74, 6) is 0.445. The topological polar surface area (TPSA) is 53.0 Å². The summed E-state index contributed by atoms with van der Waals surface area (Å²) in [4.78, 5) is 18.3. The number of hydrogen-bond acceptors (Lipinski definition) is 5. The SMILES string of the molecule is COc1ccc(C2Sc3ccccc3N(CCN(C)CCc3ccc(Cl)c(Cl)c3)C(=O)C2O)cc1. The Balaban J connectivity index is 1.47. The Morgan fingerprint density at radius 1 is 1.03 bits per heavy atom. The van der Waals surface area contributed by atoms with E-state index in [4.69, 9.17) is 27.9 Å². The van der Waals surface area contributed by atoms with Crippen molar-refractivity contribution in [3.63, 3.8) is 0 Å². The first-order valence-electron chi connectivity index (χ1n) is 11.4. The molecule has 1 aliphatic heterocycles. The van der Waals surface area contributed by atoms with Crippen LogP contribution in [-0.2, 0) is 11.2 Å². The highest BCUT2D eigenvalue weighted by Crippen LogP contribution is 2.45. The molecule has 0 saturated heterocycles. The predicted octanol–water partition coefficient (Wildman–Crippen LogP) is 5.72. The van der Waals surface area contributed by atoms with E-state index >= 15 is 0 Å². The number of carbonyl (C=O) groups is 1. The number of amides is 1. The quantitative estimate of drug-likeness (QED) is 0.403. The van der Waals surface area contributed by atoms with Crippen LogP contribution in [0.4, 0.5) is 5.69 Å². The van der Waals surface area contributed by atoms with Crippen LogP contribution in [-0.4, -0.2) is 55.8 Å². The fraction of sp³-hybridized carbons (Fsp3) is 0.296. The van der Waals surface area contributed by atoms with Crippen LogP contribution in [0.3, 0.4) is 0 Å². The van der Waals surface area contributed by atoms with Crippen molar-refractivity contribution in [1.29, 1.82) is 0 Å². The molecule has 0 saturated carbocycles.